The Bertz CT molecular complexity index is 1880. The lowest BCUT2D eigenvalue weighted by Crippen LogP contribution is -2.16. The summed E-state index contributed by atoms with van der Waals surface area (Å²) < 4.78 is 32.8. The molecule has 0 saturated heterocycles. The number of carbonyl (C=O) groups excluding carboxylic acids is 1. The number of nitrogens with zero attached hydrogens (tertiary/aromatic N) is 4. The first-order chi connectivity index (χ1) is 20.9. The van der Waals surface area contributed by atoms with Crippen molar-refractivity contribution in [2.75, 3.05) is 22.9 Å². The van der Waals surface area contributed by atoms with Crippen LogP contribution in [0.1, 0.15) is 5.56 Å². The Kier molecular flexibility index (Phi) is 8.95. The highest BCUT2D eigenvalue weighted by Crippen LogP contribution is 2.35. The maximum atomic E-state index is 12.9. The number of carbonyl (C=O) groups is 1. The molecule has 1 amide bonds. The van der Waals surface area contributed by atoms with Gasteiger partial charge in [0.15, 0.2) is 0 Å². The molecule has 43 heavy (non-hydrogen) atoms. The van der Waals surface area contributed by atoms with Crippen LogP contribution < -0.4 is 14.8 Å². The van der Waals surface area contributed by atoms with Crippen LogP contribution in [-0.4, -0.2) is 42.1 Å². The van der Waals surface area contributed by atoms with E-state index in [1.54, 1.807) is 13.2 Å². The quantitative estimate of drug-likeness (QED) is 0.193. The molecule has 5 rings (SSSR count). The van der Waals surface area contributed by atoms with Gasteiger partial charge in [0.2, 0.25) is 11.9 Å². The number of hydrogen-bond donors (Lipinski definition) is 2. The molecule has 0 unspecified atom stereocenters. The SMILES string of the molecule is COc1ccc(-c2cc(-c3ccccc3)nc(SCC(=O)Nc3ccc(S(=O)(=O)Nc4ncccn4)cc3)c2C#N)cc1. The van der Waals surface area contributed by atoms with Gasteiger partial charge in [0.1, 0.15) is 16.8 Å². The summed E-state index contributed by atoms with van der Waals surface area (Å²) in [6, 6.07) is 28.4. The van der Waals surface area contributed by atoms with Crippen molar-refractivity contribution in [3.05, 3.63) is 109 Å². The van der Waals surface area contributed by atoms with Gasteiger partial charge in [-0.15, -0.1) is 0 Å². The zero-order chi connectivity index (χ0) is 30.2. The van der Waals surface area contributed by atoms with Crippen molar-refractivity contribution in [1.82, 2.24) is 15.0 Å². The molecule has 0 aliphatic rings. The lowest BCUT2D eigenvalue weighted by atomic mass is 9.99. The summed E-state index contributed by atoms with van der Waals surface area (Å²) in [5.41, 5.74) is 3.80. The first kappa shape index (κ1) is 29.2. The molecule has 0 radical (unpaired) electrons. The molecule has 0 saturated carbocycles. The third kappa shape index (κ3) is 7.16. The Hall–Kier alpha value is -5.25. The van der Waals surface area contributed by atoms with Crippen LogP contribution in [0.15, 0.2) is 113 Å². The Labute approximate surface area is 252 Å². The maximum Gasteiger partial charge on any atom is 0.264 e. The lowest BCUT2D eigenvalue weighted by molar-refractivity contribution is -0.113. The molecule has 0 atom stereocenters. The van der Waals surface area contributed by atoms with Gasteiger partial charge >= 0.3 is 0 Å². The van der Waals surface area contributed by atoms with Crippen molar-refractivity contribution in [3.63, 3.8) is 0 Å². The summed E-state index contributed by atoms with van der Waals surface area (Å²) in [7, 11) is -2.32. The number of amides is 1. The summed E-state index contributed by atoms with van der Waals surface area (Å²) >= 11 is 1.14. The first-order valence-corrected chi connectivity index (χ1v) is 15.3. The van der Waals surface area contributed by atoms with E-state index in [1.165, 1.54) is 36.7 Å². The molecule has 0 aliphatic carbocycles. The number of nitriles is 1. The predicted octanol–water partition coefficient (Wildman–Crippen LogP) is 5.62. The fourth-order valence-corrected chi connectivity index (χ4v) is 5.83. The van der Waals surface area contributed by atoms with Gasteiger partial charge in [-0.2, -0.15) is 5.26 Å². The second-order valence-corrected chi connectivity index (χ2v) is 11.6. The van der Waals surface area contributed by atoms with Gasteiger partial charge in [0, 0.05) is 29.2 Å². The van der Waals surface area contributed by atoms with Gasteiger partial charge in [-0.3, -0.25) is 4.79 Å². The van der Waals surface area contributed by atoms with Crippen molar-refractivity contribution in [3.8, 4) is 34.2 Å². The average Bonchev–Trinajstić information content (AvgIpc) is 3.04. The standard InChI is InChI=1S/C31H24N6O4S2/c1-41-24-12-8-21(9-13-24)26-18-28(22-6-3-2-4-7-22)36-30(27(26)19-32)42-20-29(38)35-23-10-14-25(15-11-23)43(39,40)37-31-33-16-5-17-34-31/h2-18H,20H2,1H3,(H,35,38)(H,33,34,37). The van der Waals surface area contributed by atoms with Crippen LogP contribution in [0.25, 0.3) is 22.4 Å². The predicted molar refractivity (Wildman–Crippen MR) is 165 cm³/mol. The highest BCUT2D eigenvalue weighted by Gasteiger charge is 2.18. The third-order valence-electron chi connectivity index (χ3n) is 6.15. The minimum atomic E-state index is -3.91. The molecule has 10 nitrogen and oxygen atoms in total. The minimum absolute atomic E-state index is 0.0148. The zero-order valence-corrected chi connectivity index (χ0v) is 24.4. The van der Waals surface area contributed by atoms with E-state index in [0.29, 0.717) is 33.3 Å². The van der Waals surface area contributed by atoms with Crippen molar-refractivity contribution in [2.24, 2.45) is 0 Å². The Morgan fingerprint density at radius 3 is 2.28 bits per heavy atom. The normalized spacial score (nSPS) is 10.9. The van der Waals surface area contributed by atoms with Crippen LogP contribution in [0, 0.1) is 11.3 Å². The number of ether oxygens (including phenoxy) is 1. The summed E-state index contributed by atoms with van der Waals surface area (Å²) in [6.45, 7) is 0. The average molecular weight is 609 g/mol. The van der Waals surface area contributed by atoms with Crippen molar-refractivity contribution in [1.29, 1.82) is 5.26 Å². The molecule has 0 fully saturated rings. The molecular formula is C31H24N6O4S2. The van der Waals surface area contributed by atoms with Crippen molar-refractivity contribution < 1.29 is 17.9 Å². The number of methoxy groups -OCH3 is 1. The van der Waals surface area contributed by atoms with Gasteiger partial charge in [0.25, 0.3) is 10.0 Å². The van der Waals surface area contributed by atoms with Gasteiger partial charge in [-0.05, 0) is 54.1 Å². The number of thioether (sulfide) groups is 1. The fourth-order valence-electron chi connectivity index (χ4n) is 4.07. The van der Waals surface area contributed by atoms with E-state index in [-0.39, 0.29) is 22.5 Å². The van der Waals surface area contributed by atoms with Crippen LogP contribution in [0.5, 0.6) is 5.75 Å². The number of hydrogen-bond acceptors (Lipinski definition) is 9. The van der Waals surface area contributed by atoms with Gasteiger partial charge in [-0.25, -0.2) is 28.1 Å². The molecule has 214 valence electrons. The van der Waals surface area contributed by atoms with E-state index in [4.69, 9.17) is 9.72 Å². The van der Waals surface area contributed by atoms with Gasteiger partial charge in [0.05, 0.1) is 29.0 Å². The highest BCUT2D eigenvalue weighted by atomic mass is 32.2. The molecular weight excluding hydrogens is 585 g/mol. The molecule has 0 aliphatic heterocycles. The summed E-state index contributed by atoms with van der Waals surface area (Å²) in [6.07, 6.45) is 2.85. The minimum Gasteiger partial charge on any atom is -0.497 e. The number of benzene rings is 3. The first-order valence-electron chi connectivity index (χ1n) is 12.8. The van der Waals surface area contributed by atoms with Gasteiger partial charge < -0.3 is 10.1 Å². The summed E-state index contributed by atoms with van der Waals surface area (Å²) in [5.74, 6) is 0.263. The molecule has 2 aromatic heterocycles. The van der Waals surface area contributed by atoms with E-state index in [1.807, 2.05) is 60.7 Å². The van der Waals surface area contributed by atoms with Crippen molar-refractivity contribution in [2.45, 2.75) is 9.92 Å². The van der Waals surface area contributed by atoms with Crippen molar-refractivity contribution >= 4 is 39.3 Å². The third-order valence-corrected chi connectivity index (χ3v) is 8.47. The molecule has 2 N–H and O–H groups in total. The Balaban J connectivity index is 1.34. The number of sulfonamides is 1. The second-order valence-electron chi connectivity index (χ2n) is 8.98. The number of anilines is 2. The number of rotatable bonds is 10. The lowest BCUT2D eigenvalue weighted by Gasteiger charge is -2.13. The van der Waals surface area contributed by atoms with Crippen LogP contribution in [-0.2, 0) is 14.8 Å². The van der Waals surface area contributed by atoms with Crippen LogP contribution in [0.2, 0.25) is 0 Å². The summed E-state index contributed by atoms with van der Waals surface area (Å²) in [4.78, 5) is 25.3. The zero-order valence-electron chi connectivity index (χ0n) is 22.8. The van der Waals surface area contributed by atoms with E-state index >= 15 is 0 Å². The van der Waals surface area contributed by atoms with Crippen LogP contribution in [0.3, 0.4) is 0 Å². The van der Waals surface area contributed by atoms with E-state index in [9.17, 15) is 18.5 Å². The smallest absolute Gasteiger partial charge is 0.264 e. The van der Waals surface area contributed by atoms with Crippen LogP contribution >= 0.6 is 11.8 Å². The Morgan fingerprint density at radius 2 is 1.63 bits per heavy atom. The number of aromatic nitrogens is 3. The molecule has 2 heterocycles. The molecule has 3 aromatic carbocycles. The molecule has 12 heteroatoms. The van der Waals surface area contributed by atoms with E-state index in [0.717, 1.165) is 22.9 Å². The van der Waals surface area contributed by atoms with Crippen LogP contribution in [0.4, 0.5) is 11.6 Å². The fraction of sp³-hybridized carbons (Fsp3) is 0.0645. The molecule has 0 spiro atoms. The van der Waals surface area contributed by atoms with E-state index < -0.39 is 10.0 Å². The summed E-state index contributed by atoms with van der Waals surface area (Å²) in [5, 5.41) is 13.3. The topological polar surface area (TPSA) is 147 Å². The Morgan fingerprint density at radius 1 is 0.930 bits per heavy atom. The van der Waals surface area contributed by atoms with Gasteiger partial charge in [-0.1, -0.05) is 54.2 Å². The second kappa shape index (κ2) is 13.2. The number of nitrogens with one attached hydrogen (secondary N) is 2. The number of pyridine rings is 1. The monoisotopic (exact) mass is 608 g/mol. The maximum absolute atomic E-state index is 12.9. The molecule has 0 bridgehead atoms. The largest absolute Gasteiger partial charge is 0.497 e. The molecule has 5 aromatic rings. The highest BCUT2D eigenvalue weighted by molar-refractivity contribution is 8.00. The van der Waals surface area contributed by atoms with E-state index in [2.05, 4.69) is 26.1 Å².